The summed E-state index contributed by atoms with van der Waals surface area (Å²) in [6.07, 6.45) is 3.09. The number of rotatable bonds is 4. The predicted molar refractivity (Wildman–Crippen MR) is 80.0 cm³/mol. The van der Waals surface area contributed by atoms with Gasteiger partial charge in [-0.25, -0.2) is 0 Å². The van der Waals surface area contributed by atoms with Gasteiger partial charge in [0.1, 0.15) is 12.3 Å². The van der Waals surface area contributed by atoms with Gasteiger partial charge in [0.05, 0.1) is 11.6 Å². The maximum absolute atomic E-state index is 11.8. The van der Waals surface area contributed by atoms with Crippen molar-refractivity contribution in [1.29, 1.82) is 0 Å². The molecule has 0 spiro atoms. The molecular formula is C14H13N5O2. The Labute approximate surface area is 119 Å². The van der Waals surface area contributed by atoms with Gasteiger partial charge in [0.15, 0.2) is 0 Å². The number of benzene rings is 1. The highest BCUT2D eigenvalue weighted by Gasteiger charge is 2.08. The molecule has 7 nitrogen and oxygen atoms in total. The Kier molecular flexibility index (Phi) is 3.38. The zero-order chi connectivity index (χ0) is 14.7. The van der Waals surface area contributed by atoms with Gasteiger partial charge in [-0.2, -0.15) is 4.98 Å². The Bertz CT molecular complexity index is 835. The van der Waals surface area contributed by atoms with Crippen LogP contribution >= 0.6 is 0 Å². The van der Waals surface area contributed by atoms with E-state index in [1.807, 2.05) is 30.3 Å². The normalized spacial score (nSPS) is 11.2. The lowest BCUT2D eigenvalue weighted by atomic mass is 10.2. The molecule has 3 rings (SSSR count). The van der Waals surface area contributed by atoms with Gasteiger partial charge in [-0.15, -0.1) is 0 Å². The topological polar surface area (TPSA) is 109 Å². The Morgan fingerprint density at radius 3 is 2.95 bits per heavy atom. The van der Waals surface area contributed by atoms with Crippen LogP contribution in [0.5, 0.6) is 0 Å². The molecule has 0 aliphatic heterocycles. The second-order valence-electron chi connectivity index (χ2n) is 4.41. The van der Waals surface area contributed by atoms with Crippen LogP contribution < -0.4 is 11.3 Å². The SMILES string of the molecule is Nc1nc2[nH]cc(/C=N/OCc3ccccc3)c2c(=O)[nH]1. The third-order valence-corrected chi connectivity index (χ3v) is 2.93. The zero-order valence-electron chi connectivity index (χ0n) is 11.0. The highest BCUT2D eigenvalue weighted by atomic mass is 16.6. The van der Waals surface area contributed by atoms with Crippen LogP contribution in [0.25, 0.3) is 11.0 Å². The average Bonchev–Trinajstić information content (AvgIpc) is 2.88. The summed E-state index contributed by atoms with van der Waals surface area (Å²) < 4.78 is 0. The minimum Gasteiger partial charge on any atom is -0.391 e. The van der Waals surface area contributed by atoms with Crippen LogP contribution in [0.15, 0.2) is 46.5 Å². The van der Waals surface area contributed by atoms with E-state index >= 15 is 0 Å². The van der Waals surface area contributed by atoms with Crippen molar-refractivity contribution in [2.75, 3.05) is 5.73 Å². The summed E-state index contributed by atoms with van der Waals surface area (Å²) in [5, 5.41) is 4.27. The number of fused-ring (bicyclic) bond motifs is 1. The van der Waals surface area contributed by atoms with Crippen molar-refractivity contribution in [2.24, 2.45) is 5.16 Å². The van der Waals surface area contributed by atoms with Gasteiger partial charge in [0, 0.05) is 11.8 Å². The molecule has 2 heterocycles. The number of oxime groups is 1. The van der Waals surface area contributed by atoms with Crippen LogP contribution in [0.3, 0.4) is 0 Å². The van der Waals surface area contributed by atoms with Crippen molar-refractivity contribution in [2.45, 2.75) is 6.61 Å². The molecule has 0 radical (unpaired) electrons. The number of hydrogen-bond donors (Lipinski definition) is 3. The number of nitrogens with one attached hydrogen (secondary N) is 2. The molecular weight excluding hydrogens is 270 g/mol. The molecule has 7 heteroatoms. The number of anilines is 1. The first-order valence-electron chi connectivity index (χ1n) is 6.30. The van der Waals surface area contributed by atoms with E-state index < -0.39 is 0 Å². The Morgan fingerprint density at radius 1 is 1.33 bits per heavy atom. The summed E-state index contributed by atoms with van der Waals surface area (Å²) in [6, 6.07) is 9.68. The van der Waals surface area contributed by atoms with Crippen LogP contribution in [-0.4, -0.2) is 21.2 Å². The van der Waals surface area contributed by atoms with Crippen molar-refractivity contribution in [3.8, 4) is 0 Å². The van der Waals surface area contributed by atoms with Crippen molar-refractivity contribution in [3.63, 3.8) is 0 Å². The summed E-state index contributed by atoms with van der Waals surface area (Å²) in [5.41, 5.74) is 7.18. The molecule has 0 saturated heterocycles. The summed E-state index contributed by atoms with van der Waals surface area (Å²) in [4.78, 5) is 26.4. The van der Waals surface area contributed by atoms with E-state index in [2.05, 4.69) is 20.1 Å². The number of aromatic nitrogens is 3. The third-order valence-electron chi connectivity index (χ3n) is 2.93. The Hall–Kier alpha value is -3.09. The molecule has 3 aromatic rings. The van der Waals surface area contributed by atoms with Gasteiger partial charge < -0.3 is 15.6 Å². The summed E-state index contributed by atoms with van der Waals surface area (Å²) in [6.45, 7) is 0.362. The molecule has 0 amide bonds. The minimum absolute atomic E-state index is 0.0677. The molecule has 0 saturated carbocycles. The summed E-state index contributed by atoms with van der Waals surface area (Å²) in [7, 11) is 0. The first-order valence-corrected chi connectivity index (χ1v) is 6.30. The van der Waals surface area contributed by atoms with Gasteiger partial charge in [-0.1, -0.05) is 35.5 Å². The maximum atomic E-state index is 11.8. The number of nitrogens with zero attached hydrogens (tertiary/aromatic N) is 2. The molecule has 2 aromatic heterocycles. The Morgan fingerprint density at radius 2 is 2.14 bits per heavy atom. The fourth-order valence-electron chi connectivity index (χ4n) is 1.96. The zero-order valence-corrected chi connectivity index (χ0v) is 11.0. The number of aromatic amines is 2. The molecule has 0 unspecified atom stereocenters. The molecule has 4 N–H and O–H groups in total. The van der Waals surface area contributed by atoms with E-state index in [1.165, 1.54) is 6.21 Å². The molecule has 0 aliphatic carbocycles. The number of nitrogen functional groups attached to an aromatic ring is 1. The fraction of sp³-hybridized carbons (Fsp3) is 0.0714. The largest absolute Gasteiger partial charge is 0.391 e. The molecule has 21 heavy (non-hydrogen) atoms. The first kappa shape index (κ1) is 12.9. The van der Waals surface area contributed by atoms with Gasteiger partial charge >= 0.3 is 0 Å². The second kappa shape index (κ2) is 5.49. The molecule has 1 aromatic carbocycles. The molecule has 0 fully saturated rings. The van der Waals surface area contributed by atoms with Gasteiger partial charge in [-0.05, 0) is 5.56 Å². The van der Waals surface area contributed by atoms with Gasteiger partial charge in [-0.3, -0.25) is 9.78 Å². The molecule has 0 atom stereocenters. The smallest absolute Gasteiger partial charge is 0.262 e. The lowest BCUT2D eigenvalue weighted by Gasteiger charge is -1.98. The molecule has 0 bridgehead atoms. The lowest BCUT2D eigenvalue weighted by molar-refractivity contribution is 0.132. The van der Waals surface area contributed by atoms with Crippen LogP contribution in [-0.2, 0) is 11.4 Å². The summed E-state index contributed by atoms with van der Waals surface area (Å²) >= 11 is 0. The number of hydrogen-bond acceptors (Lipinski definition) is 5. The van der Waals surface area contributed by atoms with Crippen LogP contribution in [0.1, 0.15) is 11.1 Å². The highest BCUT2D eigenvalue weighted by molar-refractivity contribution is 5.97. The van der Waals surface area contributed by atoms with E-state index in [0.29, 0.717) is 23.2 Å². The van der Waals surface area contributed by atoms with Crippen molar-refractivity contribution < 1.29 is 4.84 Å². The van der Waals surface area contributed by atoms with Gasteiger partial charge in [0.2, 0.25) is 5.95 Å². The quantitative estimate of drug-likeness (QED) is 0.496. The monoisotopic (exact) mass is 283 g/mol. The summed E-state index contributed by atoms with van der Waals surface area (Å²) in [5.74, 6) is 0.0677. The van der Waals surface area contributed by atoms with Crippen LogP contribution in [0, 0.1) is 0 Å². The molecule has 106 valence electrons. The number of nitrogens with two attached hydrogens (primary N) is 1. The minimum atomic E-state index is -0.316. The second-order valence-corrected chi connectivity index (χ2v) is 4.41. The van der Waals surface area contributed by atoms with Gasteiger partial charge in [0.25, 0.3) is 5.56 Å². The van der Waals surface area contributed by atoms with Crippen LogP contribution in [0.4, 0.5) is 5.95 Å². The molecule has 0 aliphatic rings. The third kappa shape index (κ3) is 2.76. The van der Waals surface area contributed by atoms with Crippen molar-refractivity contribution >= 4 is 23.2 Å². The van der Waals surface area contributed by atoms with E-state index in [9.17, 15) is 4.79 Å². The van der Waals surface area contributed by atoms with Crippen molar-refractivity contribution in [1.82, 2.24) is 15.0 Å². The van der Waals surface area contributed by atoms with Crippen LogP contribution in [0.2, 0.25) is 0 Å². The van der Waals surface area contributed by atoms with E-state index in [0.717, 1.165) is 5.56 Å². The lowest BCUT2D eigenvalue weighted by Crippen LogP contribution is -2.11. The van der Waals surface area contributed by atoms with Crippen molar-refractivity contribution in [3.05, 3.63) is 58.0 Å². The van der Waals surface area contributed by atoms with E-state index in [-0.39, 0.29) is 11.5 Å². The van der Waals surface area contributed by atoms with E-state index in [4.69, 9.17) is 10.6 Å². The van der Waals surface area contributed by atoms with E-state index in [1.54, 1.807) is 6.20 Å². The maximum Gasteiger partial charge on any atom is 0.262 e. The first-order chi connectivity index (χ1) is 10.2. The number of H-pyrrole nitrogens is 2. The fourth-order valence-corrected chi connectivity index (χ4v) is 1.96. The highest BCUT2D eigenvalue weighted by Crippen LogP contribution is 2.10. The standard InChI is InChI=1S/C14H13N5O2/c15-14-18-12-11(13(20)19-14)10(6-16-12)7-17-21-8-9-4-2-1-3-5-9/h1-7H,8H2,(H4,15,16,18,19,20)/b17-7+. The average molecular weight is 283 g/mol. The Balaban J connectivity index is 1.76. The predicted octanol–water partition coefficient (Wildman–Crippen LogP) is 1.38.